The molecule has 2 amide bonds. The predicted molar refractivity (Wildman–Crippen MR) is 112 cm³/mol. The molecular weight excluding hydrogens is 422 g/mol. The molecule has 2 aromatic rings. The Kier molecular flexibility index (Phi) is 7.24. The number of aromatic nitrogens is 1. The quantitative estimate of drug-likeness (QED) is 0.549. The summed E-state index contributed by atoms with van der Waals surface area (Å²) in [5, 5.41) is 2.77. The van der Waals surface area contributed by atoms with Gasteiger partial charge in [0.1, 0.15) is 5.75 Å². The summed E-state index contributed by atoms with van der Waals surface area (Å²) in [6.45, 7) is 1.09. The summed E-state index contributed by atoms with van der Waals surface area (Å²) in [7, 11) is -3.97. The number of pyridine rings is 1. The number of hydrogen-bond acceptors (Lipinski definition) is 7. The van der Waals surface area contributed by atoms with Gasteiger partial charge >= 0.3 is 0 Å². The van der Waals surface area contributed by atoms with Crippen LogP contribution >= 0.6 is 0 Å². The van der Waals surface area contributed by atoms with Crippen molar-refractivity contribution >= 4 is 21.7 Å². The van der Waals surface area contributed by atoms with Crippen LogP contribution in [0.1, 0.15) is 29.6 Å². The molecule has 1 aromatic carbocycles. The van der Waals surface area contributed by atoms with Crippen molar-refractivity contribution in [3.8, 4) is 5.75 Å². The highest BCUT2D eigenvalue weighted by Gasteiger charge is 2.51. The lowest BCUT2D eigenvalue weighted by molar-refractivity contribution is -0.122. The number of nitrogens with two attached hydrogens (primary N) is 1. The van der Waals surface area contributed by atoms with Gasteiger partial charge in [-0.3, -0.25) is 14.6 Å². The van der Waals surface area contributed by atoms with Crippen molar-refractivity contribution in [1.82, 2.24) is 10.3 Å². The largest absolute Gasteiger partial charge is 0.494 e. The van der Waals surface area contributed by atoms with Gasteiger partial charge in [0.25, 0.3) is 5.91 Å². The van der Waals surface area contributed by atoms with Gasteiger partial charge < -0.3 is 20.5 Å². The molecule has 0 spiro atoms. The first-order valence-corrected chi connectivity index (χ1v) is 11.4. The zero-order chi connectivity index (χ0) is 22.3. The minimum Gasteiger partial charge on any atom is -0.494 e. The number of benzene rings is 1. The second kappa shape index (κ2) is 9.88. The number of rotatable bonds is 9. The third-order valence-corrected chi connectivity index (χ3v) is 7.73. The van der Waals surface area contributed by atoms with Crippen LogP contribution < -0.4 is 15.8 Å². The van der Waals surface area contributed by atoms with E-state index >= 15 is 0 Å². The molecule has 1 aromatic heterocycles. The molecule has 2 heterocycles. The summed E-state index contributed by atoms with van der Waals surface area (Å²) >= 11 is 0. The molecular formula is C21H25N3O6S. The van der Waals surface area contributed by atoms with Crippen molar-refractivity contribution < 1.29 is 27.5 Å². The Morgan fingerprint density at radius 1 is 1.16 bits per heavy atom. The van der Waals surface area contributed by atoms with E-state index in [-0.39, 0.29) is 36.9 Å². The Balaban J connectivity index is 1.53. The molecule has 10 heteroatoms. The number of sulfone groups is 1. The molecule has 1 aliphatic heterocycles. The number of carbonyl (C=O) groups is 2. The molecule has 166 valence electrons. The first-order valence-electron chi connectivity index (χ1n) is 9.90. The van der Waals surface area contributed by atoms with E-state index in [2.05, 4.69) is 10.3 Å². The van der Waals surface area contributed by atoms with Crippen molar-refractivity contribution in [2.75, 3.05) is 26.4 Å². The van der Waals surface area contributed by atoms with Crippen molar-refractivity contribution in [2.24, 2.45) is 5.73 Å². The molecule has 31 heavy (non-hydrogen) atoms. The smallest absolute Gasteiger partial charge is 0.252 e. The number of primary amides is 1. The fourth-order valence-corrected chi connectivity index (χ4v) is 5.27. The lowest BCUT2D eigenvalue weighted by Crippen LogP contribution is -2.53. The summed E-state index contributed by atoms with van der Waals surface area (Å²) in [5.74, 6) is -0.582. The minimum atomic E-state index is -3.97. The number of carbonyl (C=O) groups excluding carboxylic acids is 2. The summed E-state index contributed by atoms with van der Waals surface area (Å²) in [6, 6.07) is 9.26. The topological polar surface area (TPSA) is 138 Å². The Hall–Kier alpha value is -2.98. The normalized spacial score (nSPS) is 15.7. The van der Waals surface area contributed by atoms with E-state index in [4.69, 9.17) is 15.2 Å². The molecule has 0 unspecified atom stereocenters. The van der Waals surface area contributed by atoms with Gasteiger partial charge in [-0.15, -0.1) is 0 Å². The Morgan fingerprint density at radius 3 is 2.48 bits per heavy atom. The highest BCUT2D eigenvalue weighted by molar-refractivity contribution is 7.93. The second-order valence-electron chi connectivity index (χ2n) is 7.15. The Labute approximate surface area is 180 Å². The van der Waals surface area contributed by atoms with Crippen LogP contribution in [-0.2, 0) is 19.4 Å². The summed E-state index contributed by atoms with van der Waals surface area (Å²) < 4.78 is 35.4. The van der Waals surface area contributed by atoms with Gasteiger partial charge in [0.15, 0.2) is 14.6 Å². The molecule has 0 bridgehead atoms. The minimum absolute atomic E-state index is 0.0179. The maximum atomic E-state index is 13.1. The molecule has 9 nitrogen and oxygen atoms in total. The van der Waals surface area contributed by atoms with E-state index in [1.807, 2.05) is 0 Å². The summed E-state index contributed by atoms with van der Waals surface area (Å²) in [6.07, 6.45) is 3.72. The van der Waals surface area contributed by atoms with Crippen LogP contribution in [0, 0.1) is 0 Å². The van der Waals surface area contributed by atoms with Gasteiger partial charge in [-0.05, 0) is 55.7 Å². The molecule has 1 fully saturated rings. The number of hydrogen-bond donors (Lipinski definition) is 2. The number of ether oxygens (including phenoxy) is 2. The van der Waals surface area contributed by atoms with Gasteiger partial charge in [-0.2, -0.15) is 0 Å². The molecule has 0 radical (unpaired) electrons. The predicted octanol–water partition coefficient (Wildman–Crippen LogP) is 1.09. The van der Waals surface area contributed by atoms with Crippen LogP contribution in [0.25, 0.3) is 0 Å². The van der Waals surface area contributed by atoms with Gasteiger partial charge in [-0.1, -0.05) is 0 Å². The zero-order valence-corrected chi connectivity index (χ0v) is 17.8. The maximum Gasteiger partial charge on any atom is 0.252 e. The van der Waals surface area contributed by atoms with Crippen LogP contribution in [-0.4, -0.2) is 56.3 Å². The Morgan fingerprint density at radius 2 is 1.87 bits per heavy atom. The van der Waals surface area contributed by atoms with E-state index in [0.29, 0.717) is 30.9 Å². The van der Waals surface area contributed by atoms with E-state index in [9.17, 15) is 18.0 Å². The SMILES string of the molecule is NC(=O)C1(S(=O)(=O)c2ccc(OCCCNC(=O)c3cccnc3)cc2)CCOCC1. The Bertz CT molecular complexity index is 1000. The lowest BCUT2D eigenvalue weighted by atomic mass is 9.98. The fraction of sp³-hybridized carbons (Fsp3) is 0.381. The van der Waals surface area contributed by atoms with Crippen molar-refractivity contribution in [3.63, 3.8) is 0 Å². The molecule has 0 aliphatic carbocycles. The fourth-order valence-electron chi connectivity index (χ4n) is 3.35. The zero-order valence-electron chi connectivity index (χ0n) is 17.0. The highest BCUT2D eigenvalue weighted by atomic mass is 32.2. The highest BCUT2D eigenvalue weighted by Crippen LogP contribution is 2.35. The monoisotopic (exact) mass is 447 g/mol. The van der Waals surface area contributed by atoms with Crippen LogP contribution in [0.5, 0.6) is 5.75 Å². The van der Waals surface area contributed by atoms with E-state index in [1.54, 1.807) is 18.3 Å². The van der Waals surface area contributed by atoms with Crippen LogP contribution in [0.3, 0.4) is 0 Å². The number of nitrogens with one attached hydrogen (secondary N) is 1. The van der Waals surface area contributed by atoms with Crippen molar-refractivity contribution in [3.05, 3.63) is 54.4 Å². The van der Waals surface area contributed by atoms with Crippen LogP contribution in [0.2, 0.25) is 0 Å². The molecule has 1 saturated heterocycles. The van der Waals surface area contributed by atoms with Gasteiger partial charge in [0.05, 0.1) is 17.1 Å². The second-order valence-corrected chi connectivity index (χ2v) is 9.41. The lowest BCUT2D eigenvalue weighted by Gasteiger charge is -2.33. The molecule has 3 rings (SSSR count). The van der Waals surface area contributed by atoms with Crippen LogP contribution in [0.15, 0.2) is 53.7 Å². The van der Waals surface area contributed by atoms with E-state index in [1.165, 1.54) is 30.5 Å². The van der Waals surface area contributed by atoms with Crippen molar-refractivity contribution in [1.29, 1.82) is 0 Å². The molecule has 1 aliphatic rings. The number of amides is 2. The standard InChI is InChI=1S/C21H25N3O6S/c22-20(26)21(8-13-29-14-9-21)31(27,28)18-6-4-17(5-7-18)30-12-2-11-24-19(25)16-3-1-10-23-15-16/h1,3-7,10,15H,2,8-9,11-14H2,(H2,22,26)(H,24,25). The third-order valence-electron chi connectivity index (χ3n) is 5.20. The average molecular weight is 448 g/mol. The third kappa shape index (κ3) is 5.02. The number of nitrogens with zero attached hydrogens (tertiary/aromatic N) is 1. The van der Waals surface area contributed by atoms with E-state index in [0.717, 1.165) is 0 Å². The van der Waals surface area contributed by atoms with Gasteiger partial charge in [0, 0.05) is 32.2 Å². The first-order chi connectivity index (χ1) is 14.9. The molecule has 3 N–H and O–H groups in total. The first kappa shape index (κ1) is 22.7. The van der Waals surface area contributed by atoms with Gasteiger partial charge in [-0.25, -0.2) is 8.42 Å². The van der Waals surface area contributed by atoms with E-state index < -0.39 is 20.5 Å². The molecule has 0 atom stereocenters. The summed E-state index contributed by atoms with van der Waals surface area (Å²) in [4.78, 5) is 27.9. The van der Waals surface area contributed by atoms with Gasteiger partial charge in [0.2, 0.25) is 5.91 Å². The van der Waals surface area contributed by atoms with Crippen LogP contribution in [0.4, 0.5) is 0 Å². The van der Waals surface area contributed by atoms with Crippen molar-refractivity contribution in [2.45, 2.75) is 28.9 Å². The summed E-state index contributed by atoms with van der Waals surface area (Å²) in [5.41, 5.74) is 5.96. The maximum absolute atomic E-state index is 13.1. The average Bonchev–Trinajstić information content (AvgIpc) is 2.80. The molecule has 0 saturated carbocycles.